The molecular formula is C13H16ClN3. The molecule has 1 saturated heterocycles. The maximum atomic E-state index is 9.13. The maximum Gasteiger partial charge on any atom is 0.103 e. The lowest BCUT2D eigenvalue weighted by molar-refractivity contribution is 0.599. The van der Waals surface area contributed by atoms with Crippen molar-refractivity contribution >= 4 is 17.3 Å². The Morgan fingerprint density at radius 3 is 3.06 bits per heavy atom. The molecule has 4 heteroatoms. The van der Waals surface area contributed by atoms with Crippen molar-refractivity contribution in [2.24, 2.45) is 0 Å². The molecule has 17 heavy (non-hydrogen) atoms. The van der Waals surface area contributed by atoms with E-state index in [0.717, 1.165) is 18.8 Å². The predicted molar refractivity (Wildman–Crippen MR) is 70.5 cm³/mol. The van der Waals surface area contributed by atoms with Crippen molar-refractivity contribution in [2.75, 3.05) is 25.0 Å². The van der Waals surface area contributed by atoms with Crippen molar-refractivity contribution in [3.8, 4) is 6.07 Å². The molecule has 1 atom stereocenters. The monoisotopic (exact) mass is 249 g/mol. The topological polar surface area (TPSA) is 39.1 Å². The van der Waals surface area contributed by atoms with E-state index in [1.165, 1.54) is 12.8 Å². The van der Waals surface area contributed by atoms with E-state index in [1.54, 1.807) is 6.07 Å². The highest BCUT2D eigenvalue weighted by molar-refractivity contribution is 6.32. The molecule has 0 aromatic heterocycles. The number of anilines is 1. The smallest absolute Gasteiger partial charge is 0.103 e. The van der Waals surface area contributed by atoms with Crippen LogP contribution in [-0.4, -0.2) is 26.2 Å². The minimum Gasteiger partial charge on any atom is -0.372 e. The van der Waals surface area contributed by atoms with E-state index >= 15 is 0 Å². The number of benzene rings is 1. The molecular weight excluding hydrogens is 234 g/mol. The van der Waals surface area contributed by atoms with Gasteiger partial charge in [-0.15, -0.1) is 0 Å². The molecule has 90 valence electrons. The molecule has 0 saturated carbocycles. The number of nitrogens with zero attached hydrogens (tertiary/aromatic N) is 2. The number of likely N-dealkylation sites (N-methyl/N-ethyl adjacent to an activating group) is 1. The third-order valence-electron chi connectivity index (χ3n) is 3.17. The van der Waals surface area contributed by atoms with Crippen molar-refractivity contribution in [2.45, 2.75) is 18.9 Å². The lowest BCUT2D eigenvalue weighted by atomic mass is 10.1. The van der Waals surface area contributed by atoms with E-state index in [2.05, 4.69) is 16.3 Å². The van der Waals surface area contributed by atoms with Gasteiger partial charge >= 0.3 is 0 Å². The average molecular weight is 250 g/mol. The zero-order chi connectivity index (χ0) is 12.3. The molecule has 0 bridgehead atoms. The van der Waals surface area contributed by atoms with Crippen molar-refractivity contribution in [3.05, 3.63) is 28.8 Å². The van der Waals surface area contributed by atoms with Crippen molar-refractivity contribution in [3.63, 3.8) is 0 Å². The standard InChI is InChI=1S/C13H16ClN3/c1-17(9-10-4-3-7-16-10)13-6-2-5-12(14)11(13)8-15/h2,5-6,10,16H,3-4,7,9H2,1H3. The van der Waals surface area contributed by atoms with Crippen LogP contribution in [0, 0.1) is 11.3 Å². The Morgan fingerprint density at radius 1 is 1.59 bits per heavy atom. The van der Waals surface area contributed by atoms with Crippen LogP contribution in [0.5, 0.6) is 0 Å². The molecule has 1 heterocycles. The quantitative estimate of drug-likeness (QED) is 0.894. The molecule has 0 amide bonds. The van der Waals surface area contributed by atoms with Gasteiger partial charge in [-0.25, -0.2) is 0 Å². The Balaban J connectivity index is 2.15. The molecule has 1 aromatic rings. The molecule has 2 rings (SSSR count). The zero-order valence-corrected chi connectivity index (χ0v) is 10.7. The van der Waals surface area contributed by atoms with Crippen molar-refractivity contribution in [1.82, 2.24) is 5.32 Å². The molecule has 0 aliphatic carbocycles. The Bertz CT molecular complexity index is 433. The fourth-order valence-electron chi connectivity index (χ4n) is 2.28. The summed E-state index contributed by atoms with van der Waals surface area (Å²) < 4.78 is 0. The number of hydrogen-bond donors (Lipinski definition) is 1. The second-order valence-electron chi connectivity index (χ2n) is 4.42. The minimum absolute atomic E-state index is 0.519. The highest BCUT2D eigenvalue weighted by atomic mass is 35.5. The molecule has 1 fully saturated rings. The predicted octanol–water partition coefficient (Wildman–Crippen LogP) is 2.40. The largest absolute Gasteiger partial charge is 0.372 e. The summed E-state index contributed by atoms with van der Waals surface area (Å²) in [5, 5.41) is 13.1. The van der Waals surface area contributed by atoms with E-state index < -0.39 is 0 Å². The Hall–Kier alpha value is -1.24. The SMILES string of the molecule is CN(CC1CCCN1)c1cccc(Cl)c1C#N. The van der Waals surface area contributed by atoms with Crippen LogP contribution in [-0.2, 0) is 0 Å². The van der Waals surface area contributed by atoms with Gasteiger partial charge in [0, 0.05) is 19.6 Å². The van der Waals surface area contributed by atoms with Crippen LogP contribution in [0.2, 0.25) is 5.02 Å². The summed E-state index contributed by atoms with van der Waals surface area (Å²) in [5.41, 5.74) is 1.48. The Kier molecular flexibility index (Phi) is 3.88. The summed E-state index contributed by atoms with van der Waals surface area (Å²) >= 11 is 6.03. The number of nitriles is 1. The molecule has 1 aromatic carbocycles. The summed E-state index contributed by atoms with van der Waals surface area (Å²) in [6.07, 6.45) is 2.44. The zero-order valence-electron chi connectivity index (χ0n) is 9.91. The first-order valence-electron chi connectivity index (χ1n) is 5.85. The van der Waals surface area contributed by atoms with E-state index in [9.17, 15) is 0 Å². The first kappa shape index (κ1) is 12.2. The molecule has 0 radical (unpaired) electrons. The second-order valence-corrected chi connectivity index (χ2v) is 4.83. The van der Waals surface area contributed by atoms with Gasteiger partial charge in [-0.2, -0.15) is 5.26 Å². The molecule has 1 unspecified atom stereocenters. The minimum atomic E-state index is 0.519. The van der Waals surface area contributed by atoms with Gasteiger partial charge in [-0.05, 0) is 31.5 Å². The molecule has 0 spiro atoms. The van der Waals surface area contributed by atoms with Crippen LogP contribution in [0.15, 0.2) is 18.2 Å². The van der Waals surface area contributed by atoms with Crippen LogP contribution in [0.4, 0.5) is 5.69 Å². The van der Waals surface area contributed by atoms with Crippen molar-refractivity contribution < 1.29 is 0 Å². The van der Waals surface area contributed by atoms with Gasteiger partial charge < -0.3 is 10.2 Å². The molecule has 1 aliphatic rings. The highest BCUT2D eigenvalue weighted by Gasteiger charge is 2.18. The Labute approximate surface area is 107 Å². The van der Waals surface area contributed by atoms with Gasteiger partial charge in [0.15, 0.2) is 0 Å². The van der Waals surface area contributed by atoms with E-state index in [4.69, 9.17) is 16.9 Å². The highest BCUT2D eigenvalue weighted by Crippen LogP contribution is 2.26. The van der Waals surface area contributed by atoms with Crippen LogP contribution in [0.25, 0.3) is 0 Å². The van der Waals surface area contributed by atoms with Gasteiger partial charge in [0.1, 0.15) is 6.07 Å². The van der Waals surface area contributed by atoms with Gasteiger partial charge in [-0.1, -0.05) is 17.7 Å². The second kappa shape index (κ2) is 5.39. The summed E-state index contributed by atoms with van der Waals surface area (Å²) in [6, 6.07) is 8.28. The number of hydrogen-bond acceptors (Lipinski definition) is 3. The number of halogens is 1. The lowest BCUT2D eigenvalue weighted by Gasteiger charge is -2.24. The first-order chi connectivity index (χ1) is 8.22. The summed E-state index contributed by atoms with van der Waals surface area (Å²) in [6.45, 7) is 2.01. The summed E-state index contributed by atoms with van der Waals surface area (Å²) in [5.74, 6) is 0. The summed E-state index contributed by atoms with van der Waals surface area (Å²) in [4.78, 5) is 2.10. The maximum absolute atomic E-state index is 9.13. The van der Waals surface area contributed by atoms with Crippen LogP contribution in [0.3, 0.4) is 0 Å². The first-order valence-corrected chi connectivity index (χ1v) is 6.23. The fraction of sp³-hybridized carbons (Fsp3) is 0.462. The van der Waals surface area contributed by atoms with Gasteiger partial charge in [0.05, 0.1) is 16.3 Å². The average Bonchev–Trinajstić information content (AvgIpc) is 2.81. The van der Waals surface area contributed by atoms with E-state index in [1.807, 2.05) is 19.2 Å². The lowest BCUT2D eigenvalue weighted by Crippen LogP contribution is -2.35. The fourth-order valence-corrected chi connectivity index (χ4v) is 2.49. The molecule has 1 aliphatic heterocycles. The van der Waals surface area contributed by atoms with Gasteiger partial charge in [0.2, 0.25) is 0 Å². The van der Waals surface area contributed by atoms with Crippen molar-refractivity contribution in [1.29, 1.82) is 5.26 Å². The number of nitrogens with one attached hydrogen (secondary N) is 1. The van der Waals surface area contributed by atoms with Gasteiger partial charge in [-0.3, -0.25) is 0 Å². The summed E-state index contributed by atoms with van der Waals surface area (Å²) in [7, 11) is 2.01. The van der Waals surface area contributed by atoms with E-state index in [0.29, 0.717) is 16.6 Å². The van der Waals surface area contributed by atoms with E-state index in [-0.39, 0.29) is 0 Å². The van der Waals surface area contributed by atoms with Crippen LogP contribution < -0.4 is 10.2 Å². The van der Waals surface area contributed by atoms with Crippen LogP contribution in [0.1, 0.15) is 18.4 Å². The normalized spacial score (nSPS) is 19.0. The Morgan fingerprint density at radius 2 is 2.41 bits per heavy atom. The molecule has 1 N–H and O–H groups in total. The van der Waals surface area contributed by atoms with Gasteiger partial charge in [0.25, 0.3) is 0 Å². The third kappa shape index (κ3) is 2.71. The molecule has 3 nitrogen and oxygen atoms in total. The number of rotatable bonds is 3. The third-order valence-corrected chi connectivity index (χ3v) is 3.49. The van der Waals surface area contributed by atoms with Crippen LogP contribution >= 0.6 is 11.6 Å².